The smallest absolute Gasteiger partial charge is 0.231 e. The van der Waals surface area contributed by atoms with E-state index >= 15 is 0 Å². The van der Waals surface area contributed by atoms with E-state index < -0.39 is 0 Å². The lowest BCUT2D eigenvalue weighted by atomic mass is 9.93. The number of thioether (sulfide) groups is 2. The molecule has 1 fully saturated rings. The Kier molecular flexibility index (Phi) is 6.27. The van der Waals surface area contributed by atoms with Gasteiger partial charge in [0.2, 0.25) is 5.91 Å². The number of amides is 1. The first-order valence-corrected chi connectivity index (χ1v) is 10.6. The highest BCUT2D eigenvalue weighted by molar-refractivity contribution is 8.19. The molecule has 0 radical (unpaired) electrons. The van der Waals surface area contributed by atoms with Crippen molar-refractivity contribution < 1.29 is 4.79 Å². The zero-order valence-electron chi connectivity index (χ0n) is 13.9. The molecule has 0 saturated carbocycles. The second-order valence-electron chi connectivity index (χ2n) is 5.94. The number of rotatable bonds is 6. The van der Waals surface area contributed by atoms with Crippen LogP contribution >= 0.6 is 23.5 Å². The van der Waals surface area contributed by atoms with Gasteiger partial charge in [-0.05, 0) is 29.7 Å². The van der Waals surface area contributed by atoms with Crippen molar-refractivity contribution in [3.63, 3.8) is 0 Å². The molecule has 0 aromatic heterocycles. The molecule has 1 N–H and O–H groups in total. The van der Waals surface area contributed by atoms with Crippen LogP contribution in [0, 0.1) is 0 Å². The Bertz CT molecular complexity index is 668. The van der Waals surface area contributed by atoms with E-state index in [-0.39, 0.29) is 11.8 Å². The monoisotopic (exact) mass is 357 g/mol. The lowest BCUT2D eigenvalue weighted by Crippen LogP contribution is -2.21. The molecule has 1 atom stereocenters. The molecule has 1 aliphatic rings. The number of nitrogens with one attached hydrogen (secondary N) is 1. The number of benzene rings is 2. The van der Waals surface area contributed by atoms with Crippen LogP contribution in [0.25, 0.3) is 0 Å². The van der Waals surface area contributed by atoms with Gasteiger partial charge in [-0.15, -0.1) is 23.5 Å². The first kappa shape index (κ1) is 17.4. The van der Waals surface area contributed by atoms with Gasteiger partial charge in [-0.3, -0.25) is 4.79 Å². The Morgan fingerprint density at radius 3 is 2.58 bits per heavy atom. The van der Waals surface area contributed by atoms with Gasteiger partial charge in [0.25, 0.3) is 0 Å². The van der Waals surface area contributed by atoms with E-state index in [9.17, 15) is 4.79 Å². The van der Waals surface area contributed by atoms with Crippen molar-refractivity contribution in [1.29, 1.82) is 0 Å². The summed E-state index contributed by atoms with van der Waals surface area (Å²) in [5.74, 6) is 2.42. The van der Waals surface area contributed by atoms with Crippen LogP contribution < -0.4 is 5.32 Å². The van der Waals surface area contributed by atoms with Crippen molar-refractivity contribution >= 4 is 35.1 Å². The van der Waals surface area contributed by atoms with Crippen molar-refractivity contribution in [3.05, 3.63) is 65.7 Å². The molecular weight excluding hydrogens is 334 g/mol. The standard InChI is InChI=1S/C20H23NOS2/c1-2-7-18(15-8-4-3-5-9-15)19(22)21-17-11-6-10-16(14-17)20-23-12-13-24-20/h3-6,8-11,14,18,20H,2,7,12-13H2,1H3,(H,21,22). The number of hydrogen-bond donors (Lipinski definition) is 1. The van der Waals surface area contributed by atoms with E-state index in [0.29, 0.717) is 4.58 Å². The van der Waals surface area contributed by atoms with Crippen LogP contribution in [-0.4, -0.2) is 17.4 Å². The molecule has 1 aliphatic heterocycles. The van der Waals surface area contributed by atoms with Crippen LogP contribution in [0.1, 0.15) is 41.4 Å². The van der Waals surface area contributed by atoms with Crippen molar-refractivity contribution in [3.8, 4) is 0 Å². The van der Waals surface area contributed by atoms with E-state index in [1.807, 2.05) is 66.0 Å². The molecular formula is C20H23NOS2. The van der Waals surface area contributed by atoms with Crippen LogP contribution in [-0.2, 0) is 4.79 Å². The molecule has 3 rings (SSSR count). The van der Waals surface area contributed by atoms with Gasteiger partial charge in [0.1, 0.15) is 0 Å². The second kappa shape index (κ2) is 8.63. The highest BCUT2D eigenvalue weighted by Gasteiger charge is 2.21. The Labute approximate surface area is 152 Å². The third-order valence-electron chi connectivity index (χ3n) is 4.14. The van der Waals surface area contributed by atoms with E-state index in [4.69, 9.17) is 0 Å². The number of carbonyl (C=O) groups excluding carboxylic acids is 1. The van der Waals surface area contributed by atoms with E-state index in [1.54, 1.807) is 0 Å². The van der Waals surface area contributed by atoms with Gasteiger partial charge in [0.05, 0.1) is 10.5 Å². The Hall–Kier alpha value is -1.39. The molecule has 1 heterocycles. The van der Waals surface area contributed by atoms with Crippen molar-refractivity contribution in [1.82, 2.24) is 0 Å². The predicted molar refractivity (Wildman–Crippen MR) is 107 cm³/mol. The Balaban J connectivity index is 1.74. The SMILES string of the molecule is CCCC(C(=O)Nc1cccc(C2SCCS2)c1)c1ccccc1. The summed E-state index contributed by atoms with van der Waals surface area (Å²) in [5.41, 5.74) is 3.30. The third-order valence-corrected chi connectivity index (χ3v) is 7.25. The molecule has 1 amide bonds. The highest BCUT2D eigenvalue weighted by atomic mass is 32.2. The summed E-state index contributed by atoms with van der Waals surface area (Å²) in [5, 5.41) is 3.13. The average molecular weight is 358 g/mol. The molecule has 1 saturated heterocycles. The summed E-state index contributed by atoms with van der Waals surface area (Å²) in [4.78, 5) is 12.8. The van der Waals surface area contributed by atoms with Gasteiger partial charge < -0.3 is 5.32 Å². The van der Waals surface area contributed by atoms with Gasteiger partial charge in [0.15, 0.2) is 0 Å². The lowest BCUT2D eigenvalue weighted by molar-refractivity contribution is -0.117. The molecule has 0 spiro atoms. The van der Waals surface area contributed by atoms with Crippen LogP contribution in [0.2, 0.25) is 0 Å². The minimum absolute atomic E-state index is 0.0879. The maximum Gasteiger partial charge on any atom is 0.231 e. The Morgan fingerprint density at radius 1 is 1.12 bits per heavy atom. The van der Waals surface area contributed by atoms with Gasteiger partial charge in [-0.1, -0.05) is 55.8 Å². The number of anilines is 1. The van der Waals surface area contributed by atoms with Crippen LogP contribution in [0.4, 0.5) is 5.69 Å². The molecule has 0 aliphatic carbocycles. The van der Waals surface area contributed by atoms with E-state index in [0.717, 1.165) is 24.1 Å². The second-order valence-corrected chi connectivity index (χ2v) is 8.66. The van der Waals surface area contributed by atoms with Gasteiger partial charge in [-0.2, -0.15) is 0 Å². The number of carbonyl (C=O) groups is 1. The van der Waals surface area contributed by atoms with Crippen molar-refractivity contribution in [2.24, 2.45) is 0 Å². The Morgan fingerprint density at radius 2 is 1.88 bits per heavy atom. The van der Waals surface area contributed by atoms with Gasteiger partial charge >= 0.3 is 0 Å². The largest absolute Gasteiger partial charge is 0.326 e. The topological polar surface area (TPSA) is 29.1 Å². The summed E-state index contributed by atoms with van der Waals surface area (Å²) in [6.45, 7) is 2.12. The van der Waals surface area contributed by atoms with Gasteiger partial charge in [-0.25, -0.2) is 0 Å². The molecule has 2 aromatic carbocycles. The van der Waals surface area contributed by atoms with E-state index in [2.05, 4.69) is 24.4 Å². The fraction of sp³-hybridized carbons (Fsp3) is 0.350. The summed E-state index contributed by atoms with van der Waals surface area (Å²) >= 11 is 3.97. The van der Waals surface area contributed by atoms with Crippen LogP contribution in [0.3, 0.4) is 0 Å². The summed E-state index contributed by atoms with van der Waals surface area (Å²) < 4.78 is 0.502. The van der Waals surface area contributed by atoms with Crippen LogP contribution in [0.15, 0.2) is 54.6 Å². The molecule has 1 unspecified atom stereocenters. The molecule has 4 heteroatoms. The average Bonchev–Trinajstić information content (AvgIpc) is 3.15. The first-order chi connectivity index (χ1) is 11.8. The fourth-order valence-electron chi connectivity index (χ4n) is 2.97. The zero-order chi connectivity index (χ0) is 16.8. The highest BCUT2D eigenvalue weighted by Crippen LogP contribution is 2.45. The maximum absolute atomic E-state index is 12.8. The minimum atomic E-state index is -0.0879. The van der Waals surface area contributed by atoms with Gasteiger partial charge in [0, 0.05) is 17.2 Å². The number of hydrogen-bond acceptors (Lipinski definition) is 3. The molecule has 2 nitrogen and oxygen atoms in total. The molecule has 24 heavy (non-hydrogen) atoms. The van der Waals surface area contributed by atoms with E-state index in [1.165, 1.54) is 17.1 Å². The minimum Gasteiger partial charge on any atom is -0.326 e. The normalized spacial score (nSPS) is 16.0. The zero-order valence-corrected chi connectivity index (χ0v) is 15.5. The lowest BCUT2D eigenvalue weighted by Gasteiger charge is -2.17. The predicted octanol–water partition coefficient (Wildman–Crippen LogP) is 5.69. The summed E-state index contributed by atoms with van der Waals surface area (Å²) in [6.07, 6.45) is 1.85. The maximum atomic E-state index is 12.8. The molecule has 0 bridgehead atoms. The fourth-order valence-corrected chi connectivity index (χ4v) is 5.80. The quantitative estimate of drug-likeness (QED) is 0.720. The molecule has 126 valence electrons. The first-order valence-electron chi connectivity index (χ1n) is 8.47. The van der Waals surface area contributed by atoms with Crippen LogP contribution in [0.5, 0.6) is 0 Å². The summed E-state index contributed by atoms with van der Waals surface area (Å²) in [7, 11) is 0. The summed E-state index contributed by atoms with van der Waals surface area (Å²) in [6, 6.07) is 18.4. The third kappa shape index (κ3) is 4.37. The van der Waals surface area contributed by atoms with Crippen molar-refractivity contribution in [2.75, 3.05) is 16.8 Å². The van der Waals surface area contributed by atoms with Crippen molar-refractivity contribution in [2.45, 2.75) is 30.3 Å². The molecule has 2 aromatic rings.